The molecule has 128 valence electrons. The van der Waals surface area contributed by atoms with Crippen molar-refractivity contribution in [2.75, 3.05) is 7.11 Å². The van der Waals surface area contributed by atoms with Crippen LogP contribution in [0.5, 0.6) is 5.75 Å². The predicted octanol–water partition coefficient (Wildman–Crippen LogP) is 5.34. The standard InChI is InChI=1S/C20H30O3/c1-7-8-10-15(2)16-11-9-12-18(22-6)17(16)13-14-19(21)23-20(3,4)5/h9,11-15H,7-8,10H2,1-6H3/b14-13+. The summed E-state index contributed by atoms with van der Waals surface area (Å²) in [5.41, 5.74) is 1.68. The molecule has 0 saturated heterocycles. The van der Waals surface area contributed by atoms with E-state index in [-0.39, 0.29) is 5.97 Å². The molecule has 0 fully saturated rings. The Morgan fingerprint density at radius 3 is 2.57 bits per heavy atom. The van der Waals surface area contributed by atoms with E-state index in [0.717, 1.165) is 17.7 Å². The molecule has 0 saturated carbocycles. The maximum Gasteiger partial charge on any atom is 0.331 e. The van der Waals surface area contributed by atoms with Gasteiger partial charge in [-0.15, -0.1) is 0 Å². The Morgan fingerprint density at radius 2 is 2.00 bits per heavy atom. The first-order chi connectivity index (χ1) is 10.8. The summed E-state index contributed by atoms with van der Waals surface area (Å²) in [6.07, 6.45) is 6.78. The van der Waals surface area contributed by atoms with E-state index in [1.807, 2.05) is 39.0 Å². The van der Waals surface area contributed by atoms with Gasteiger partial charge < -0.3 is 9.47 Å². The van der Waals surface area contributed by atoms with Crippen LogP contribution in [0.3, 0.4) is 0 Å². The Bertz CT molecular complexity index is 538. The Labute approximate surface area is 140 Å². The Balaban J connectivity index is 3.05. The van der Waals surface area contributed by atoms with Crippen LogP contribution in [0.15, 0.2) is 24.3 Å². The number of ether oxygens (including phenoxy) is 2. The Hall–Kier alpha value is -1.77. The minimum atomic E-state index is -0.487. The van der Waals surface area contributed by atoms with Crippen molar-refractivity contribution in [1.82, 2.24) is 0 Å². The summed E-state index contributed by atoms with van der Waals surface area (Å²) in [5, 5.41) is 0. The van der Waals surface area contributed by atoms with E-state index in [1.54, 1.807) is 7.11 Å². The smallest absolute Gasteiger partial charge is 0.331 e. The summed E-state index contributed by atoms with van der Waals surface area (Å²) in [7, 11) is 1.65. The van der Waals surface area contributed by atoms with Crippen LogP contribution in [0.4, 0.5) is 0 Å². The highest BCUT2D eigenvalue weighted by Gasteiger charge is 2.16. The maximum absolute atomic E-state index is 11.9. The molecule has 0 aliphatic heterocycles. The van der Waals surface area contributed by atoms with E-state index in [4.69, 9.17) is 9.47 Å². The SMILES string of the molecule is CCCCC(C)c1cccc(OC)c1/C=C/C(=O)OC(C)(C)C. The molecule has 0 aromatic heterocycles. The molecule has 0 aliphatic rings. The number of carbonyl (C=O) groups excluding carboxylic acids is 1. The third kappa shape index (κ3) is 6.47. The molecule has 1 atom stereocenters. The van der Waals surface area contributed by atoms with Crippen LogP contribution in [-0.4, -0.2) is 18.7 Å². The summed E-state index contributed by atoms with van der Waals surface area (Å²) in [5.74, 6) is 0.865. The lowest BCUT2D eigenvalue weighted by atomic mass is 9.91. The second-order valence-electron chi connectivity index (χ2n) is 6.87. The zero-order valence-electron chi connectivity index (χ0n) is 15.3. The van der Waals surface area contributed by atoms with Gasteiger partial charge in [0.2, 0.25) is 0 Å². The number of rotatable bonds is 7. The monoisotopic (exact) mass is 318 g/mol. The molecule has 0 aliphatic carbocycles. The molecular formula is C20H30O3. The second-order valence-corrected chi connectivity index (χ2v) is 6.87. The van der Waals surface area contributed by atoms with Gasteiger partial charge in [-0.1, -0.05) is 38.8 Å². The van der Waals surface area contributed by atoms with Crippen LogP contribution < -0.4 is 4.74 Å². The third-order valence-corrected chi connectivity index (χ3v) is 3.63. The van der Waals surface area contributed by atoms with Crippen LogP contribution in [0.2, 0.25) is 0 Å². The first-order valence-electron chi connectivity index (χ1n) is 8.36. The molecule has 1 aromatic carbocycles. The van der Waals surface area contributed by atoms with Crippen LogP contribution >= 0.6 is 0 Å². The second kappa shape index (κ2) is 8.76. The van der Waals surface area contributed by atoms with Gasteiger partial charge in [-0.05, 0) is 50.8 Å². The van der Waals surface area contributed by atoms with Gasteiger partial charge in [-0.3, -0.25) is 0 Å². The predicted molar refractivity (Wildman–Crippen MR) is 95.8 cm³/mol. The van der Waals surface area contributed by atoms with E-state index in [2.05, 4.69) is 19.9 Å². The lowest BCUT2D eigenvalue weighted by Crippen LogP contribution is -2.22. The summed E-state index contributed by atoms with van der Waals surface area (Å²) in [6, 6.07) is 6.03. The van der Waals surface area contributed by atoms with Crippen LogP contribution in [0.1, 0.15) is 70.9 Å². The number of esters is 1. The summed E-state index contributed by atoms with van der Waals surface area (Å²) in [4.78, 5) is 11.9. The number of benzene rings is 1. The molecule has 3 nitrogen and oxygen atoms in total. The molecule has 0 spiro atoms. The van der Waals surface area contributed by atoms with E-state index < -0.39 is 5.60 Å². The van der Waals surface area contributed by atoms with Gasteiger partial charge in [0.1, 0.15) is 11.4 Å². The number of hydrogen-bond donors (Lipinski definition) is 0. The molecule has 1 rings (SSSR count). The lowest BCUT2D eigenvalue weighted by Gasteiger charge is -2.19. The van der Waals surface area contributed by atoms with Crippen molar-refractivity contribution < 1.29 is 14.3 Å². The fourth-order valence-corrected chi connectivity index (χ4v) is 2.50. The van der Waals surface area contributed by atoms with E-state index in [0.29, 0.717) is 5.92 Å². The minimum Gasteiger partial charge on any atom is -0.496 e. The topological polar surface area (TPSA) is 35.5 Å². The Kier molecular flexibility index (Phi) is 7.34. The van der Waals surface area contributed by atoms with Gasteiger partial charge in [0, 0.05) is 11.6 Å². The van der Waals surface area contributed by atoms with Crippen LogP contribution in [0, 0.1) is 0 Å². The van der Waals surface area contributed by atoms with Crippen LogP contribution in [-0.2, 0) is 9.53 Å². The van der Waals surface area contributed by atoms with Gasteiger partial charge in [0.15, 0.2) is 0 Å². The largest absolute Gasteiger partial charge is 0.496 e. The fourth-order valence-electron chi connectivity index (χ4n) is 2.50. The molecule has 0 amide bonds. The number of carbonyl (C=O) groups is 1. The summed E-state index contributed by atoms with van der Waals surface area (Å²) in [6.45, 7) is 10.00. The molecule has 1 unspecified atom stereocenters. The van der Waals surface area contributed by atoms with E-state index in [1.165, 1.54) is 24.5 Å². The zero-order valence-corrected chi connectivity index (χ0v) is 15.3. The molecule has 3 heteroatoms. The van der Waals surface area contributed by atoms with Crippen molar-refractivity contribution in [3.05, 3.63) is 35.4 Å². The van der Waals surface area contributed by atoms with Crippen molar-refractivity contribution >= 4 is 12.0 Å². The average molecular weight is 318 g/mol. The van der Waals surface area contributed by atoms with Crippen molar-refractivity contribution in [1.29, 1.82) is 0 Å². The molecule has 1 aromatic rings. The number of unbranched alkanes of at least 4 members (excludes halogenated alkanes) is 1. The van der Waals surface area contributed by atoms with Gasteiger partial charge in [0.25, 0.3) is 0 Å². The van der Waals surface area contributed by atoms with Gasteiger partial charge in [-0.2, -0.15) is 0 Å². The normalized spacial score (nSPS) is 13.1. The highest BCUT2D eigenvalue weighted by molar-refractivity contribution is 5.88. The zero-order chi connectivity index (χ0) is 17.5. The molecular weight excluding hydrogens is 288 g/mol. The number of hydrogen-bond acceptors (Lipinski definition) is 3. The molecule has 0 heterocycles. The van der Waals surface area contributed by atoms with Gasteiger partial charge >= 0.3 is 5.97 Å². The quantitative estimate of drug-likeness (QED) is 0.502. The van der Waals surface area contributed by atoms with Gasteiger partial charge in [0.05, 0.1) is 7.11 Å². The minimum absolute atomic E-state index is 0.337. The van der Waals surface area contributed by atoms with Crippen molar-refractivity contribution in [2.24, 2.45) is 0 Å². The lowest BCUT2D eigenvalue weighted by molar-refractivity contribution is -0.148. The van der Waals surface area contributed by atoms with Gasteiger partial charge in [-0.25, -0.2) is 4.79 Å². The first-order valence-corrected chi connectivity index (χ1v) is 8.36. The van der Waals surface area contributed by atoms with Crippen molar-refractivity contribution in [3.8, 4) is 5.75 Å². The van der Waals surface area contributed by atoms with Crippen LogP contribution in [0.25, 0.3) is 6.08 Å². The average Bonchev–Trinajstić information content (AvgIpc) is 2.48. The highest BCUT2D eigenvalue weighted by Crippen LogP contribution is 2.31. The summed E-state index contributed by atoms with van der Waals surface area (Å²) >= 11 is 0. The fraction of sp³-hybridized carbons (Fsp3) is 0.550. The van der Waals surface area contributed by atoms with Crippen molar-refractivity contribution in [3.63, 3.8) is 0 Å². The highest BCUT2D eigenvalue weighted by atomic mass is 16.6. The number of methoxy groups -OCH3 is 1. The van der Waals surface area contributed by atoms with Crippen molar-refractivity contribution in [2.45, 2.75) is 65.4 Å². The molecule has 0 radical (unpaired) electrons. The van der Waals surface area contributed by atoms with E-state index in [9.17, 15) is 4.79 Å². The molecule has 0 N–H and O–H groups in total. The third-order valence-electron chi connectivity index (χ3n) is 3.63. The molecule has 0 bridgehead atoms. The Morgan fingerprint density at radius 1 is 1.30 bits per heavy atom. The molecule has 23 heavy (non-hydrogen) atoms. The summed E-state index contributed by atoms with van der Waals surface area (Å²) < 4.78 is 10.8. The first kappa shape index (κ1) is 19.3. The van der Waals surface area contributed by atoms with E-state index >= 15 is 0 Å². The maximum atomic E-state index is 11.9.